The van der Waals surface area contributed by atoms with Gasteiger partial charge in [0.1, 0.15) is 6.04 Å². The van der Waals surface area contributed by atoms with Crippen molar-refractivity contribution in [3.05, 3.63) is 42.2 Å². The van der Waals surface area contributed by atoms with E-state index in [9.17, 15) is 14.4 Å². The van der Waals surface area contributed by atoms with E-state index in [2.05, 4.69) is 30.7 Å². The van der Waals surface area contributed by atoms with Crippen molar-refractivity contribution in [2.75, 3.05) is 13.1 Å². The van der Waals surface area contributed by atoms with E-state index in [1.165, 1.54) is 36.8 Å². The molecule has 1 aromatic carbocycles. The molecular formula is C36H49N5O4. The fourth-order valence-electron chi connectivity index (χ4n) is 7.78. The first kappa shape index (κ1) is 31.6. The molecule has 2 aromatic rings. The van der Waals surface area contributed by atoms with E-state index in [1.807, 2.05) is 29.2 Å². The summed E-state index contributed by atoms with van der Waals surface area (Å²) in [5.74, 6) is 0.308. The number of carbonyl (C=O) groups excluding carboxylic acids is 3. The summed E-state index contributed by atoms with van der Waals surface area (Å²) in [7, 11) is 0. The van der Waals surface area contributed by atoms with Gasteiger partial charge in [0, 0.05) is 12.6 Å². The molecule has 3 atom stereocenters. The Morgan fingerprint density at radius 1 is 0.933 bits per heavy atom. The number of carbonyl (C=O) groups is 3. The average Bonchev–Trinajstić information content (AvgIpc) is 3.03. The first-order chi connectivity index (χ1) is 21.7. The Kier molecular flexibility index (Phi) is 9.54. The third-order valence-electron chi connectivity index (χ3n) is 10.0. The van der Waals surface area contributed by atoms with E-state index in [0.717, 1.165) is 49.6 Å². The van der Waals surface area contributed by atoms with E-state index in [-0.39, 0.29) is 29.7 Å². The molecule has 4 fully saturated rings. The minimum absolute atomic E-state index is 0.00722. The van der Waals surface area contributed by atoms with Crippen molar-refractivity contribution < 1.29 is 19.2 Å². The summed E-state index contributed by atoms with van der Waals surface area (Å²) in [5.41, 5.74) is 1.91. The van der Waals surface area contributed by atoms with Crippen LogP contribution in [0.25, 0.3) is 17.1 Å². The van der Waals surface area contributed by atoms with Gasteiger partial charge in [0.15, 0.2) is 12.3 Å². The highest BCUT2D eigenvalue weighted by atomic mass is 16.7. The monoisotopic (exact) mass is 615 g/mol. The molecule has 2 saturated heterocycles. The van der Waals surface area contributed by atoms with Crippen LogP contribution in [0.3, 0.4) is 0 Å². The number of hydroxylamine groups is 2. The molecule has 0 bridgehead atoms. The number of benzene rings is 1. The SMILES string of the molecule is CC(C)(C)C[C@H]1C(=O)N(CC2CCCCC2)C[C@@H]2N(C(=O)/C=C/c3cnc4ccccc4n3)O[C@H](CC3CCCCC3)C(=O)N21. The molecule has 3 heterocycles. The Bertz CT molecular complexity index is 1410. The van der Waals surface area contributed by atoms with Crippen LogP contribution in [0, 0.1) is 17.3 Å². The third kappa shape index (κ3) is 7.40. The fraction of sp³-hybridized carbons (Fsp3) is 0.639. The van der Waals surface area contributed by atoms with Gasteiger partial charge in [-0.1, -0.05) is 84.3 Å². The van der Waals surface area contributed by atoms with Crippen LogP contribution in [-0.4, -0.2) is 74.0 Å². The smallest absolute Gasteiger partial charge is 0.272 e. The normalized spacial score (nSPS) is 25.8. The summed E-state index contributed by atoms with van der Waals surface area (Å²) in [4.78, 5) is 61.7. The van der Waals surface area contributed by atoms with Gasteiger partial charge in [0.25, 0.3) is 11.8 Å². The van der Waals surface area contributed by atoms with Gasteiger partial charge in [-0.3, -0.25) is 24.2 Å². The first-order valence-electron chi connectivity index (χ1n) is 17.2. The van der Waals surface area contributed by atoms with Gasteiger partial charge < -0.3 is 9.80 Å². The Labute approximate surface area is 267 Å². The molecular weight excluding hydrogens is 566 g/mol. The second kappa shape index (κ2) is 13.6. The van der Waals surface area contributed by atoms with Crippen LogP contribution in [0.5, 0.6) is 0 Å². The molecule has 2 aliphatic carbocycles. The van der Waals surface area contributed by atoms with Crippen LogP contribution in [0.4, 0.5) is 0 Å². The summed E-state index contributed by atoms with van der Waals surface area (Å²) in [6.07, 6.45) is 15.9. The second-order valence-corrected chi connectivity index (χ2v) is 14.9. The first-order valence-corrected chi connectivity index (χ1v) is 17.2. The fourth-order valence-corrected chi connectivity index (χ4v) is 7.78. The quantitative estimate of drug-likeness (QED) is 0.348. The third-order valence-corrected chi connectivity index (χ3v) is 10.0. The molecule has 6 rings (SSSR count). The largest absolute Gasteiger partial charge is 0.337 e. The molecule has 2 saturated carbocycles. The van der Waals surface area contributed by atoms with Crippen molar-refractivity contribution >= 4 is 34.8 Å². The van der Waals surface area contributed by atoms with Crippen molar-refractivity contribution in [1.82, 2.24) is 24.8 Å². The zero-order valence-electron chi connectivity index (χ0n) is 27.2. The standard InChI is InChI=1S/C36H49N5O4/c1-36(2,3)21-30-34(43)39(23-26-14-8-5-9-15-26)24-32-40(30)35(44)31(20-25-12-6-4-7-13-25)45-41(32)33(42)19-18-27-22-37-28-16-10-11-17-29(28)38-27/h10-11,16-19,22,25-26,30-32H,4-9,12-15,20-21,23-24H2,1-3H3/b19-18+/t30-,31+,32-/m0/s1. The summed E-state index contributed by atoms with van der Waals surface area (Å²) in [5, 5.41) is 1.40. The molecule has 9 nitrogen and oxygen atoms in total. The number of rotatable bonds is 7. The minimum Gasteiger partial charge on any atom is -0.337 e. The lowest BCUT2D eigenvalue weighted by atomic mass is 9.83. The summed E-state index contributed by atoms with van der Waals surface area (Å²) in [6.45, 7) is 7.24. The highest BCUT2D eigenvalue weighted by Gasteiger charge is 2.53. The van der Waals surface area contributed by atoms with Gasteiger partial charge >= 0.3 is 0 Å². The molecule has 0 radical (unpaired) electrons. The zero-order valence-corrected chi connectivity index (χ0v) is 27.2. The Hall–Kier alpha value is -3.33. The predicted molar refractivity (Wildman–Crippen MR) is 173 cm³/mol. The van der Waals surface area contributed by atoms with Gasteiger partial charge in [-0.15, -0.1) is 0 Å². The van der Waals surface area contributed by atoms with Crippen LogP contribution >= 0.6 is 0 Å². The number of fused-ring (bicyclic) bond motifs is 2. The maximum atomic E-state index is 14.3. The van der Waals surface area contributed by atoms with Crippen LogP contribution in [0.1, 0.15) is 104 Å². The summed E-state index contributed by atoms with van der Waals surface area (Å²) in [6, 6.07) is 6.98. The maximum absolute atomic E-state index is 14.3. The lowest BCUT2D eigenvalue weighted by Crippen LogP contribution is -2.74. The number of amides is 3. The van der Waals surface area contributed by atoms with Gasteiger partial charge in [0.2, 0.25) is 5.91 Å². The number of aromatic nitrogens is 2. The lowest BCUT2D eigenvalue weighted by Gasteiger charge is -2.54. The van der Waals surface area contributed by atoms with E-state index in [0.29, 0.717) is 36.9 Å². The molecule has 2 aliphatic heterocycles. The highest BCUT2D eigenvalue weighted by Crippen LogP contribution is 2.37. The van der Waals surface area contributed by atoms with Crippen molar-refractivity contribution in [1.29, 1.82) is 0 Å². The molecule has 3 amide bonds. The van der Waals surface area contributed by atoms with E-state index in [4.69, 9.17) is 4.84 Å². The lowest BCUT2D eigenvalue weighted by molar-refractivity contribution is -0.275. The van der Waals surface area contributed by atoms with Crippen molar-refractivity contribution in [2.24, 2.45) is 17.3 Å². The van der Waals surface area contributed by atoms with E-state index in [1.54, 1.807) is 17.2 Å². The molecule has 0 spiro atoms. The van der Waals surface area contributed by atoms with Crippen LogP contribution in [0.2, 0.25) is 0 Å². The Balaban J connectivity index is 1.31. The highest BCUT2D eigenvalue weighted by molar-refractivity contribution is 5.95. The molecule has 9 heteroatoms. The van der Waals surface area contributed by atoms with Gasteiger partial charge in [-0.25, -0.2) is 4.98 Å². The summed E-state index contributed by atoms with van der Waals surface area (Å²) < 4.78 is 0. The number of para-hydroxylation sites is 2. The average molecular weight is 616 g/mol. The molecule has 0 unspecified atom stereocenters. The predicted octanol–water partition coefficient (Wildman–Crippen LogP) is 6.14. The molecule has 242 valence electrons. The molecule has 1 aromatic heterocycles. The van der Waals surface area contributed by atoms with E-state index < -0.39 is 18.3 Å². The van der Waals surface area contributed by atoms with Gasteiger partial charge in [0.05, 0.1) is 29.5 Å². The molecule has 45 heavy (non-hydrogen) atoms. The van der Waals surface area contributed by atoms with E-state index >= 15 is 0 Å². The van der Waals surface area contributed by atoms with Crippen LogP contribution < -0.4 is 0 Å². The minimum atomic E-state index is -0.790. The number of hydrogen-bond donors (Lipinski definition) is 0. The topological polar surface area (TPSA) is 95.9 Å². The van der Waals surface area contributed by atoms with Gasteiger partial charge in [-0.2, -0.15) is 5.06 Å². The summed E-state index contributed by atoms with van der Waals surface area (Å²) >= 11 is 0. The van der Waals surface area contributed by atoms with Crippen molar-refractivity contribution in [3.63, 3.8) is 0 Å². The zero-order chi connectivity index (χ0) is 31.6. The van der Waals surface area contributed by atoms with Gasteiger partial charge in [-0.05, 0) is 61.1 Å². The van der Waals surface area contributed by atoms with Crippen LogP contribution in [-0.2, 0) is 19.2 Å². The number of nitrogens with zero attached hydrogens (tertiary/aromatic N) is 5. The number of piperazine rings is 1. The van der Waals surface area contributed by atoms with Crippen LogP contribution in [0.15, 0.2) is 36.5 Å². The van der Waals surface area contributed by atoms with Crippen molar-refractivity contribution in [3.8, 4) is 0 Å². The molecule has 0 N–H and O–H groups in total. The molecule has 4 aliphatic rings. The Morgan fingerprint density at radius 2 is 1.60 bits per heavy atom. The van der Waals surface area contributed by atoms with Crippen molar-refractivity contribution in [2.45, 2.75) is 116 Å². The number of hydrogen-bond acceptors (Lipinski definition) is 6. The Morgan fingerprint density at radius 3 is 2.29 bits per heavy atom. The maximum Gasteiger partial charge on any atom is 0.272 e. The second-order valence-electron chi connectivity index (χ2n) is 14.9.